The lowest BCUT2D eigenvalue weighted by Gasteiger charge is -2.32. The molecule has 2 heterocycles. The number of carbonyl (C=O) groups excluding carboxylic acids is 1. The third-order valence-corrected chi connectivity index (χ3v) is 3.79. The number of ether oxygens (including phenoxy) is 1. The highest BCUT2D eigenvalue weighted by Gasteiger charge is 2.52. The van der Waals surface area contributed by atoms with Gasteiger partial charge in [0.1, 0.15) is 5.56 Å². The van der Waals surface area contributed by atoms with Crippen LogP contribution in [-0.4, -0.2) is 36.4 Å². The van der Waals surface area contributed by atoms with Crippen molar-refractivity contribution in [2.75, 3.05) is 7.11 Å². The minimum atomic E-state index is -0.878. The Balaban J connectivity index is 2.34. The van der Waals surface area contributed by atoms with Gasteiger partial charge in [-0.3, -0.25) is 0 Å². The number of hydrogen-bond acceptors (Lipinski definition) is 5. The van der Waals surface area contributed by atoms with E-state index >= 15 is 0 Å². The Morgan fingerprint density at radius 3 is 2.35 bits per heavy atom. The van der Waals surface area contributed by atoms with E-state index in [1.54, 1.807) is 0 Å². The highest BCUT2D eigenvalue weighted by molar-refractivity contribution is 6.62. The van der Waals surface area contributed by atoms with Gasteiger partial charge in [-0.15, -0.1) is 0 Å². The average Bonchev–Trinajstić information content (AvgIpc) is 2.58. The van der Waals surface area contributed by atoms with Gasteiger partial charge in [-0.05, 0) is 33.8 Å². The molecule has 0 saturated carbocycles. The normalized spacial score (nSPS) is 20.0. The summed E-state index contributed by atoms with van der Waals surface area (Å²) in [5, 5.41) is 0. The van der Waals surface area contributed by atoms with Crippen molar-refractivity contribution in [2.24, 2.45) is 0 Å². The topological polar surface area (TPSA) is 57.7 Å². The summed E-state index contributed by atoms with van der Waals surface area (Å²) < 4.78 is 29.7. The number of methoxy groups -OCH3 is 1. The molecule has 0 aliphatic carbocycles. The maximum atomic E-state index is 13.5. The van der Waals surface area contributed by atoms with Crippen molar-refractivity contribution in [1.82, 2.24) is 4.98 Å². The monoisotopic (exact) mass is 281 g/mol. The Morgan fingerprint density at radius 1 is 1.30 bits per heavy atom. The van der Waals surface area contributed by atoms with Crippen LogP contribution in [-0.2, 0) is 14.0 Å². The van der Waals surface area contributed by atoms with Crippen molar-refractivity contribution in [3.8, 4) is 0 Å². The van der Waals surface area contributed by atoms with Crippen molar-refractivity contribution in [3.05, 3.63) is 23.8 Å². The van der Waals surface area contributed by atoms with E-state index in [-0.39, 0.29) is 5.56 Å². The van der Waals surface area contributed by atoms with Gasteiger partial charge in [-0.2, -0.15) is 4.39 Å². The van der Waals surface area contributed by atoms with Crippen molar-refractivity contribution < 1.29 is 23.2 Å². The third-order valence-electron chi connectivity index (χ3n) is 3.79. The number of hydrogen-bond donors (Lipinski definition) is 0. The molecule has 0 spiro atoms. The van der Waals surface area contributed by atoms with Gasteiger partial charge in [0.2, 0.25) is 5.95 Å². The predicted octanol–water partition coefficient (Wildman–Crippen LogP) is 1.31. The molecule has 0 atom stereocenters. The van der Waals surface area contributed by atoms with E-state index in [0.29, 0.717) is 5.46 Å². The first-order valence-electron chi connectivity index (χ1n) is 6.27. The summed E-state index contributed by atoms with van der Waals surface area (Å²) in [6.07, 6.45) is 1.30. The van der Waals surface area contributed by atoms with Gasteiger partial charge in [-0.25, -0.2) is 9.78 Å². The van der Waals surface area contributed by atoms with Crippen molar-refractivity contribution in [1.29, 1.82) is 0 Å². The molecule has 0 bridgehead atoms. The molecule has 1 aliphatic heterocycles. The summed E-state index contributed by atoms with van der Waals surface area (Å²) in [5.74, 6) is -1.66. The van der Waals surface area contributed by atoms with E-state index in [1.165, 1.54) is 19.4 Å². The molecule has 5 nitrogen and oxygen atoms in total. The van der Waals surface area contributed by atoms with Crippen LogP contribution >= 0.6 is 0 Å². The molecular weight excluding hydrogens is 264 g/mol. The quantitative estimate of drug-likeness (QED) is 0.464. The molecule has 0 unspecified atom stereocenters. The zero-order valence-electron chi connectivity index (χ0n) is 12.2. The van der Waals surface area contributed by atoms with Gasteiger partial charge in [0.05, 0.1) is 18.3 Å². The molecular formula is C13H17BFNO4. The summed E-state index contributed by atoms with van der Waals surface area (Å²) in [5.41, 5.74) is -0.792. The van der Waals surface area contributed by atoms with Crippen LogP contribution in [0.3, 0.4) is 0 Å². The first kappa shape index (κ1) is 14.9. The molecule has 1 aromatic rings. The molecule has 0 amide bonds. The minimum Gasteiger partial charge on any atom is -0.465 e. The number of pyridine rings is 1. The van der Waals surface area contributed by atoms with Gasteiger partial charge in [0.15, 0.2) is 0 Å². The maximum absolute atomic E-state index is 13.5. The SMILES string of the molecule is COC(=O)c1cc(B2OC(C)(C)C(C)(C)O2)cnc1F. The largest absolute Gasteiger partial charge is 0.496 e. The predicted molar refractivity (Wildman–Crippen MR) is 71.3 cm³/mol. The number of rotatable bonds is 2. The molecule has 0 radical (unpaired) electrons. The average molecular weight is 281 g/mol. The number of halogens is 1. The lowest BCUT2D eigenvalue weighted by molar-refractivity contribution is 0.00578. The van der Waals surface area contributed by atoms with E-state index in [9.17, 15) is 9.18 Å². The van der Waals surface area contributed by atoms with Crippen LogP contribution in [0.25, 0.3) is 0 Å². The van der Waals surface area contributed by atoms with Crippen LogP contribution in [0.5, 0.6) is 0 Å². The summed E-state index contributed by atoms with van der Waals surface area (Å²) >= 11 is 0. The van der Waals surface area contributed by atoms with Crippen LogP contribution in [0, 0.1) is 5.95 Å². The molecule has 0 aromatic carbocycles. The molecule has 108 valence electrons. The molecule has 2 rings (SSSR count). The summed E-state index contributed by atoms with van der Waals surface area (Å²) in [7, 11) is 0.486. The molecule has 1 fully saturated rings. The molecule has 20 heavy (non-hydrogen) atoms. The number of aromatic nitrogens is 1. The van der Waals surface area contributed by atoms with Gasteiger partial charge in [-0.1, -0.05) is 0 Å². The van der Waals surface area contributed by atoms with Crippen molar-refractivity contribution >= 4 is 18.6 Å². The van der Waals surface area contributed by atoms with Crippen LogP contribution in [0.15, 0.2) is 12.3 Å². The van der Waals surface area contributed by atoms with Gasteiger partial charge >= 0.3 is 13.1 Å². The fourth-order valence-corrected chi connectivity index (χ4v) is 1.83. The van der Waals surface area contributed by atoms with Gasteiger partial charge in [0.25, 0.3) is 0 Å². The second kappa shape index (κ2) is 4.82. The number of nitrogens with zero attached hydrogens (tertiary/aromatic N) is 1. The van der Waals surface area contributed by atoms with Crippen LogP contribution in [0.1, 0.15) is 38.1 Å². The fourth-order valence-electron chi connectivity index (χ4n) is 1.83. The zero-order valence-corrected chi connectivity index (χ0v) is 12.2. The second-order valence-corrected chi connectivity index (χ2v) is 5.69. The van der Waals surface area contributed by atoms with Crippen molar-refractivity contribution in [3.63, 3.8) is 0 Å². The van der Waals surface area contributed by atoms with Crippen LogP contribution in [0.4, 0.5) is 4.39 Å². The standard InChI is InChI=1S/C13H17BFNO4/c1-12(2)13(3,4)20-14(19-12)8-6-9(11(17)18-5)10(15)16-7-8/h6-7H,1-5H3. The van der Waals surface area contributed by atoms with Crippen LogP contribution in [0.2, 0.25) is 0 Å². The summed E-state index contributed by atoms with van der Waals surface area (Å²) in [6, 6.07) is 1.34. The van der Waals surface area contributed by atoms with Gasteiger partial charge in [0, 0.05) is 11.7 Å². The molecule has 1 aliphatic rings. The Morgan fingerprint density at radius 2 is 1.85 bits per heavy atom. The number of carbonyl (C=O) groups is 1. The van der Waals surface area contributed by atoms with E-state index in [2.05, 4.69) is 9.72 Å². The van der Waals surface area contributed by atoms with E-state index < -0.39 is 30.2 Å². The Hall–Kier alpha value is -1.47. The van der Waals surface area contributed by atoms with E-state index in [4.69, 9.17) is 9.31 Å². The first-order chi connectivity index (χ1) is 9.18. The number of esters is 1. The van der Waals surface area contributed by atoms with E-state index in [1.807, 2.05) is 27.7 Å². The fraction of sp³-hybridized carbons (Fsp3) is 0.538. The Bertz CT molecular complexity index is 531. The first-order valence-corrected chi connectivity index (χ1v) is 6.27. The third kappa shape index (κ3) is 2.43. The zero-order chi connectivity index (χ0) is 15.1. The Labute approximate surface area is 117 Å². The minimum absolute atomic E-state index is 0.236. The smallest absolute Gasteiger partial charge is 0.465 e. The molecule has 1 aromatic heterocycles. The van der Waals surface area contributed by atoms with E-state index in [0.717, 1.165) is 0 Å². The van der Waals surface area contributed by atoms with Crippen molar-refractivity contribution in [2.45, 2.75) is 38.9 Å². The Kier molecular flexibility index (Phi) is 3.60. The lowest BCUT2D eigenvalue weighted by Crippen LogP contribution is -2.41. The lowest BCUT2D eigenvalue weighted by atomic mass is 9.80. The van der Waals surface area contributed by atoms with Gasteiger partial charge < -0.3 is 14.0 Å². The second-order valence-electron chi connectivity index (χ2n) is 5.69. The maximum Gasteiger partial charge on any atom is 0.496 e. The van der Waals surface area contributed by atoms with Crippen LogP contribution < -0.4 is 5.46 Å². The highest BCUT2D eigenvalue weighted by Crippen LogP contribution is 2.36. The molecule has 0 N–H and O–H groups in total. The molecule has 7 heteroatoms. The summed E-state index contributed by atoms with van der Waals surface area (Å²) in [4.78, 5) is 15.0. The highest BCUT2D eigenvalue weighted by atomic mass is 19.1. The molecule has 1 saturated heterocycles. The summed E-state index contributed by atoms with van der Waals surface area (Å²) in [6.45, 7) is 7.63.